The number of aliphatic carboxylic acids is 1. The van der Waals surface area contributed by atoms with E-state index < -0.39 is 29.0 Å². The highest BCUT2D eigenvalue weighted by atomic mass is 16.6. The topological polar surface area (TPSA) is 160 Å². The standard InChI is InChI=1S/C32H24N2O8/c1-18(35)29(31(37)38)33-17-22-16-21-7-3-5-9-25(21)28(30(22)36)27-24-8-4-2-6-19(24)12-15-26(27)42-32(39)20-10-13-23(14-11-20)34(40)41/h2-18,29,35-36H,1H3,(H,37,38)/t18-,29+/m0/s1. The number of aliphatic hydroxyl groups excluding tert-OH is 1. The van der Waals surface area contributed by atoms with Crippen molar-refractivity contribution in [3.63, 3.8) is 0 Å². The number of nitro groups is 1. The van der Waals surface area contributed by atoms with E-state index in [4.69, 9.17) is 4.74 Å². The van der Waals surface area contributed by atoms with Gasteiger partial charge in [0.2, 0.25) is 0 Å². The van der Waals surface area contributed by atoms with Gasteiger partial charge in [-0.25, -0.2) is 9.59 Å². The van der Waals surface area contributed by atoms with E-state index in [1.807, 2.05) is 24.3 Å². The number of nitro benzene ring substituents is 1. The Hall–Kier alpha value is -5.61. The zero-order valence-electron chi connectivity index (χ0n) is 22.2. The molecule has 0 radical (unpaired) electrons. The third-order valence-corrected chi connectivity index (χ3v) is 6.79. The zero-order chi connectivity index (χ0) is 30.0. The molecule has 0 unspecified atom stereocenters. The van der Waals surface area contributed by atoms with Gasteiger partial charge in [-0.3, -0.25) is 15.1 Å². The minimum absolute atomic E-state index is 0.0903. The fourth-order valence-electron chi connectivity index (χ4n) is 4.74. The highest BCUT2D eigenvalue weighted by Crippen LogP contribution is 2.46. The van der Waals surface area contributed by atoms with Crippen LogP contribution in [0, 0.1) is 10.1 Å². The molecule has 0 aromatic heterocycles. The van der Waals surface area contributed by atoms with E-state index in [1.54, 1.807) is 42.5 Å². The predicted molar refractivity (Wildman–Crippen MR) is 157 cm³/mol. The second kappa shape index (κ2) is 11.5. The van der Waals surface area contributed by atoms with Crippen molar-refractivity contribution in [1.82, 2.24) is 0 Å². The summed E-state index contributed by atoms with van der Waals surface area (Å²) in [6.07, 6.45) is -0.0749. The number of phenols is 1. The summed E-state index contributed by atoms with van der Waals surface area (Å²) in [4.78, 5) is 39.3. The minimum atomic E-state index is -1.45. The molecule has 0 aliphatic heterocycles. The molecule has 0 fully saturated rings. The highest BCUT2D eigenvalue weighted by Gasteiger charge is 2.24. The van der Waals surface area contributed by atoms with E-state index in [-0.39, 0.29) is 28.3 Å². The van der Waals surface area contributed by atoms with E-state index in [0.717, 1.165) is 5.39 Å². The number of fused-ring (bicyclic) bond motifs is 2. The molecular weight excluding hydrogens is 540 g/mol. The predicted octanol–water partition coefficient (Wildman–Crippen LogP) is 5.75. The van der Waals surface area contributed by atoms with Crippen LogP contribution in [0.4, 0.5) is 5.69 Å². The molecule has 0 saturated heterocycles. The number of carboxylic acid groups (broad SMARTS) is 1. The van der Waals surface area contributed by atoms with Crippen LogP contribution < -0.4 is 4.74 Å². The Kier molecular flexibility index (Phi) is 7.63. The summed E-state index contributed by atoms with van der Waals surface area (Å²) in [5.41, 5.74) is 0.830. The van der Waals surface area contributed by atoms with Gasteiger partial charge in [0.25, 0.3) is 5.69 Å². The van der Waals surface area contributed by atoms with Crippen molar-refractivity contribution in [3.8, 4) is 22.6 Å². The number of aromatic hydroxyl groups is 1. The van der Waals surface area contributed by atoms with Crippen molar-refractivity contribution in [2.45, 2.75) is 19.1 Å². The smallest absolute Gasteiger partial charge is 0.343 e. The molecule has 5 aromatic carbocycles. The first kappa shape index (κ1) is 27.9. The number of ether oxygens (including phenoxy) is 1. The van der Waals surface area contributed by atoms with Gasteiger partial charge in [-0.2, -0.15) is 0 Å². The van der Waals surface area contributed by atoms with Crippen LogP contribution in [-0.2, 0) is 4.79 Å². The highest BCUT2D eigenvalue weighted by molar-refractivity contribution is 6.13. The molecule has 5 aromatic rings. The monoisotopic (exact) mass is 564 g/mol. The van der Waals surface area contributed by atoms with E-state index in [1.165, 1.54) is 37.4 Å². The number of hydrogen-bond acceptors (Lipinski definition) is 8. The lowest BCUT2D eigenvalue weighted by molar-refractivity contribution is -0.384. The van der Waals surface area contributed by atoms with Crippen LogP contribution in [-0.4, -0.2) is 50.5 Å². The number of aliphatic hydroxyl groups is 1. The van der Waals surface area contributed by atoms with Crippen LogP contribution in [0.25, 0.3) is 32.7 Å². The van der Waals surface area contributed by atoms with Crippen molar-refractivity contribution < 1.29 is 34.6 Å². The van der Waals surface area contributed by atoms with Crippen LogP contribution in [0.2, 0.25) is 0 Å². The zero-order valence-corrected chi connectivity index (χ0v) is 22.2. The van der Waals surface area contributed by atoms with Gasteiger partial charge in [0.1, 0.15) is 11.5 Å². The number of benzene rings is 5. The SMILES string of the molecule is C[C@H](O)[C@@H](N=Cc1cc2ccccc2c(-c2c(OC(=O)c3ccc([N+](=O)[O-])cc3)ccc3ccccc23)c1O)C(=O)O. The lowest BCUT2D eigenvalue weighted by Gasteiger charge is -2.18. The average molecular weight is 565 g/mol. The summed E-state index contributed by atoms with van der Waals surface area (Å²) in [5, 5.41) is 44.8. The fraction of sp³-hybridized carbons (Fsp3) is 0.0938. The van der Waals surface area contributed by atoms with E-state index in [9.17, 15) is 35.0 Å². The van der Waals surface area contributed by atoms with Crippen LogP contribution in [0.3, 0.4) is 0 Å². The van der Waals surface area contributed by atoms with Gasteiger partial charge in [0.05, 0.1) is 16.6 Å². The molecule has 3 N–H and O–H groups in total. The second-order valence-corrected chi connectivity index (χ2v) is 9.57. The number of nitrogens with zero attached hydrogens (tertiary/aromatic N) is 2. The molecule has 210 valence electrons. The van der Waals surface area contributed by atoms with Gasteiger partial charge in [-0.05, 0) is 52.7 Å². The minimum Gasteiger partial charge on any atom is -0.507 e. The molecule has 0 aliphatic carbocycles. The van der Waals surface area contributed by atoms with Gasteiger partial charge in [-0.1, -0.05) is 54.6 Å². The average Bonchev–Trinajstić information content (AvgIpc) is 2.97. The summed E-state index contributed by atoms with van der Waals surface area (Å²) in [7, 11) is 0. The quantitative estimate of drug-likeness (QED) is 0.0707. The van der Waals surface area contributed by atoms with Crippen LogP contribution in [0.15, 0.2) is 96.0 Å². The lowest BCUT2D eigenvalue weighted by atomic mass is 9.90. The van der Waals surface area contributed by atoms with Crippen LogP contribution in [0.5, 0.6) is 11.5 Å². The Bertz CT molecular complexity index is 1880. The normalized spacial score (nSPS) is 12.8. The number of carboxylic acids is 1. The van der Waals surface area contributed by atoms with Gasteiger partial charge < -0.3 is 20.1 Å². The molecule has 0 spiro atoms. The van der Waals surface area contributed by atoms with E-state index in [0.29, 0.717) is 27.3 Å². The van der Waals surface area contributed by atoms with Crippen molar-refractivity contribution in [1.29, 1.82) is 0 Å². The number of carbonyl (C=O) groups is 2. The van der Waals surface area contributed by atoms with Gasteiger partial charge in [0.15, 0.2) is 6.04 Å². The Balaban J connectivity index is 1.72. The summed E-state index contributed by atoms with van der Waals surface area (Å²) in [5.74, 6) is -2.20. The van der Waals surface area contributed by atoms with Crippen molar-refractivity contribution in [3.05, 3.63) is 112 Å². The number of non-ortho nitro benzene ring substituents is 1. The number of carbonyl (C=O) groups excluding carboxylic acids is 1. The molecule has 10 nitrogen and oxygen atoms in total. The number of rotatable bonds is 8. The maximum absolute atomic E-state index is 13.2. The van der Waals surface area contributed by atoms with Gasteiger partial charge in [-0.15, -0.1) is 0 Å². The molecule has 2 atom stereocenters. The third kappa shape index (κ3) is 5.38. The Morgan fingerprint density at radius 1 is 0.905 bits per heavy atom. The van der Waals surface area contributed by atoms with Crippen molar-refractivity contribution >= 4 is 45.4 Å². The van der Waals surface area contributed by atoms with Gasteiger partial charge in [0, 0.05) is 35.0 Å². The maximum atomic E-state index is 13.2. The first-order chi connectivity index (χ1) is 20.2. The van der Waals surface area contributed by atoms with Gasteiger partial charge >= 0.3 is 11.9 Å². The molecule has 0 aliphatic rings. The lowest BCUT2D eigenvalue weighted by Crippen LogP contribution is -2.29. The number of aliphatic imine (C=N–C) groups is 1. The largest absolute Gasteiger partial charge is 0.507 e. The van der Waals surface area contributed by atoms with Crippen molar-refractivity contribution in [2.75, 3.05) is 0 Å². The summed E-state index contributed by atoms with van der Waals surface area (Å²) in [6, 6.07) is 23.1. The molecule has 5 rings (SSSR count). The Morgan fingerprint density at radius 3 is 2.14 bits per heavy atom. The molecule has 42 heavy (non-hydrogen) atoms. The van der Waals surface area contributed by atoms with Crippen LogP contribution >= 0.6 is 0 Å². The van der Waals surface area contributed by atoms with E-state index in [2.05, 4.69) is 4.99 Å². The summed E-state index contributed by atoms with van der Waals surface area (Å²) in [6.45, 7) is 1.31. The summed E-state index contributed by atoms with van der Waals surface area (Å²) < 4.78 is 5.84. The fourth-order valence-corrected chi connectivity index (χ4v) is 4.74. The second-order valence-electron chi connectivity index (χ2n) is 9.57. The Morgan fingerprint density at radius 2 is 1.52 bits per heavy atom. The first-order valence-corrected chi connectivity index (χ1v) is 12.8. The van der Waals surface area contributed by atoms with E-state index >= 15 is 0 Å². The molecule has 0 heterocycles. The van der Waals surface area contributed by atoms with Crippen molar-refractivity contribution in [2.24, 2.45) is 4.99 Å². The molecule has 0 amide bonds. The third-order valence-electron chi connectivity index (χ3n) is 6.79. The first-order valence-electron chi connectivity index (χ1n) is 12.8. The maximum Gasteiger partial charge on any atom is 0.343 e. The molecule has 0 saturated carbocycles. The summed E-state index contributed by atoms with van der Waals surface area (Å²) >= 11 is 0. The molecular formula is C32H24N2O8. The Labute approximate surface area is 238 Å². The number of esters is 1. The molecule has 10 heteroatoms. The van der Waals surface area contributed by atoms with Crippen LogP contribution in [0.1, 0.15) is 22.8 Å². The number of phenolic OH excluding ortho intramolecular Hbond substituents is 1. The number of hydrogen-bond donors (Lipinski definition) is 3. The molecule has 0 bridgehead atoms.